The maximum absolute atomic E-state index is 14.0. The Kier molecular flexibility index (Phi) is 8.10. The number of benzene rings is 3. The van der Waals surface area contributed by atoms with Gasteiger partial charge >= 0.3 is 5.97 Å². The molecule has 1 aliphatic heterocycles. The largest absolute Gasteiger partial charge is 0.465 e. The molecular formula is C33H33FN2O4. The number of hydrogen-bond acceptors (Lipinski definition) is 5. The number of carbonyl (C=O) groups is 3. The number of allylic oxidation sites excluding steroid dienone is 1. The first-order valence-corrected chi connectivity index (χ1v) is 13.8. The molecule has 7 heteroatoms. The minimum Gasteiger partial charge on any atom is -0.465 e. The Bertz CT molecular complexity index is 1450. The molecule has 0 radical (unpaired) electrons. The van der Waals surface area contributed by atoms with Gasteiger partial charge < -0.3 is 10.1 Å². The van der Waals surface area contributed by atoms with E-state index in [1.54, 1.807) is 41.3 Å². The van der Waals surface area contributed by atoms with Gasteiger partial charge in [-0.3, -0.25) is 14.5 Å². The van der Waals surface area contributed by atoms with Crippen LogP contribution in [0.15, 0.2) is 84.1 Å². The third-order valence-corrected chi connectivity index (χ3v) is 7.74. The normalized spacial score (nSPS) is 18.4. The Hall–Kier alpha value is -4.26. The topological polar surface area (TPSA) is 75.7 Å². The first kappa shape index (κ1) is 27.3. The van der Waals surface area contributed by atoms with E-state index in [9.17, 15) is 18.8 Å². The predicted molar refractivity (Wildman–Crippen MR) is 153 cm³/mol. The summed E-state index contributed by atoms with van der Waals surface area (Å²) in [7, 11) is 1.33. The fraction of sp³-hybridized carbons (Fsp3) is 0.303. The van der Waals surface area contributed by atoms with Crippen molar-refractivity contribution in [2.45, 2.75) is 57.4 Å². The van der Waals surface area contributed by atoms with E-state index in [-0.39, 0.29) is 29.8 Å². The van der Waals surface area contributed by atoms with E-state index in [0.29, 0.717) is 29.7 Å². The van der Waals surface area contributed by atoms with Crippen molar-refractivity contribution < 1.29 is 23.5 Å². The number of esters is 1. The quantitative estimate of drug-likeness (QED) is 0.256. The molecule has 2 atom stereocenters. The van der Waals surface area contributed by atoms with Crippen LogP contribution in [0.25, 0.3) is 0 Å². The van der Waals surface area contributed by atoms with Gasteiger partial charge in [0.1, 0.15) is 5.82 Å². The molecule has 0 bridgehead atoms. The lowest BCUT2D eigenvalue weighted by molar-refractivity contribution is -0.119. The molecule has 206 valence electrons. The number of hydrogen-bond donors (Lipinski definition) is 1. The summed E-state index contributed by atoms with van der Waals surface area (Å²) in [4.78, 5) is 41.9. The van der Waals surface area contributed by atoms with Crippen LogP contribution < -0.4 is 10.2 Å². The Morgan fingerprint density at radius 1 is 0.950 bits per heavy atom. The minimum absolute atomic E-state index is 0.0630. The van der Waals surface area contributed by atoms with Gasteiger partial charge in [-0.15, -0.1) is 0 Å². The van der Waals surface area contributed by atoms with Crippen LogP contribution >= 0.6 is 0 Å². The van der Waals surface area contributed by atoms with E-state index in [2.05, 4.69) is 12.2 Å². The van der Waals surface area contributed by atoms with Crippen molar-refractivity contribution in [3.63, 3.8) is 0 Å². The second-order valence-corrected chi connectivity index (χ2v) is 10.4. The number of nitrogens with zero attached hydrogens (tertiary/aromatic N) is 1. The molecule has 0 aromatic heterocycles. The van der Waals surface area contributed by atoms with E-state index < -0.39 is 12.0 Å². The van der Waals surface area contributed by atoms with Gasteiger partial charge in [-0.1, -0.05) is 56.2 Å². The molecule has 0 fully saturated rings. The molecule has 3 aromatic carbocycles. The second kappa shape index (κ2) is 11.9. The van der Waals surface area contributed by atoms with Crippen molar-refractivity contribution in [1.29, 1.82) is 0 Å². The molecule has 1 N–H and O–H groups in total. The lowest BCUT2D eigenvalue weighted by Crippen LogP contribution is -2.38. The molecule has 0 saturated carbocycles. The van der Waals surface area contributed by atoms with Crippen LogP contribution in [-0.4, -0.2) is 24.8 Å². The van der Waals surface area contributed by atoms with Crippen molar-refractivity contribution in [3.05, 3.63) is 107 Å². The highest BCUT2D eigenvalue weighted by molar-refractivity contribution is 6.06. The number of amides is 1. The lowest BCUT2D eigenvalue weighted by Gasteiger charge is -2.35. The molecule has 3 aromatic rings. The van der Waals surface area contributed by atoms with Crippen molar-refractivity contribution in [3.8, 4) is 0 Å². The molecule has 1 aliphatic carbocycles. The zero-order valence-electron chi connectivity index (χ0n) is 22.8. The van der Waals surface area contributed by atoms with Crippen LogP contribution in [0.5, 0.6) is 0 Å². The average Bonchev–Trinajstić information content (AvgIpc) is 3.12. The number of ether oxygens (including phenoxy) is 1. The first-order chi connectivity index (χ1) is 19.4. The number of nitrogens with one attached hydrogen (secondary N) is 1. The Morgan fingerprint density at radius 2 is 1.65 bits per heavy atom. The molecule has 6 nitrogen and oxygen atoms in total. The van der Waals surface area contributed by atoms with E-state index >= 15 is 0 Å². The molecule has 0 unspecified atom stereocenters. The second-order valence-electron chi connectivity index (χ2n) is 10.4. The number of para-hydroxylation sites is 2. The van der Waals surface area contributed by atoms with Gasteiger partial charge in [0.2, 0.25) is 5.91 Å². The number of methoxy groups -OCH3 is 1. The summed E-state index contributed by atoms with van der Waals surface area (Å²) < 4.78 is 18.5. The SMILES string of the molecule is CCCCCC(=O)N1c2ccccc2NC2=C(C(=O)C[C@@H](c3ccc(F)cc3)C2)[C@H]1c1ccc(C(=O)OC)cc1. The van der Waals surface area contributed by atoms with Gasteiger partial charge in [0.15, 0.2) is 5.78 Å². The standard InChI is InChI=1S/C33H33FN2O4/c1-3-4-5-10-30(38)36-28-9-7-6-8-26(28)35-27-19-24(21-15-17-25(34)18-16-21)20-29(37)31(27)32(36)22-11-13-23(14-12-22)33(39)40-2/h6-9,11-18,24,32,35H,3-5,10,19-20H2,1-2H3/t24-,32+/m0/s1. The zero-order valence-corrected chi connectivity index (χ0v) is 22.8. The molecule has 0 spiro atoms. The Balaban J connectivity index is 1.65. The summed E-state index contributed by atoms with van der Waals surface area (Å²) in [6.07, 6.45) is 3.81. The Labute approximate surface area is 233 Å². The van der Waals surface area contributed by atoms with Crippen molar-refractivity contribution >= 4 is 29.0 Å². The van der Waals surface area contributed by atoms with Crippen molar-refractivity contribution in [1.82, 2.24) is 0 Å². The summed E-state index contributed by atoms with van der Waals surface area (Å²) in [5.74, 6) is -1.03. The van der Waals surface area contributed by atoms with Crippen LogP contribution in [0, 0.1) is 5.82 Å². The molecule has 0 saturated heterocycles. The fourth-order valence-corrected chi connectivity index (χ4v) is 5.72. The molecule has 1 heterocycles. The number of ketones is 1. The highest BCUT2D eigenvalue weighted by Crippen LogP contribution is 2.47. The summed E-state index contributed by atoms with van der Waals surface area (Å²) in [6, 6.07) is 20.2. The summed E-state index contributed by atoms with van der Waals surface area (Å²) in [6.45, 7) is 2.09. The molecule has 40 heavy (non-hydrogen) atoms. The summed E-state index contributed by atoms with van der Waals surface area (Å²) in [5, 5.41) is 3.51. The van der Waals surface area contributed by atoms with E-state index in [4.69, 9.17) is 4.74 Å². The number of rotatable bonds is 7. The molecular weight excluding hydrogens is 507 g/mol. The third kappa shape index (κ3) is 5.41. The summed E-state index contributed by atoms with van der Waals surface area (Å²) >= 11 is 0. The van der Waals surface area contributed by atoms with Crippen LogP contribution in [0.1, 0.15) is 78.9 Å². The number of carbonyl (C=O) groups excluding carboxylic acids is 3. The molecule has 1 amide bonds. The van der Waals surface area contributed by atoms with Crippen molar-refractivity contribution in [2.24, 2.45) is 0 Å². The van der Waals surface area contributed by atoms with Crippen LogP contribution in [0.4, 0.5) is 15.8 Å². The third-order valence-electron chi connectivity index (χ3n) is 7.74. The first-order valence-electron chi connectivity index (χ1n) is 13.8. The fourth-order valence-electron chi connectivity index (χ4n) is 5.72. The average molecular weight is 541 g/mol. The lowest BCUT2D eigenvalue weighted by atomic mass is 9.78. The molecule has 5 rings (SSSR count). The number of fused-ring (bicyclic) bond motifs is 1. The maximum Gasteiger partial charge on any atom is 0.337 e. The molecule has 2 aliphatic rings. The van der Waals surface area contributed by atoms with E-state index in [1.807, 2.05) is 24.3 Å². The van der Waals surface area contributed by atoms with Crippen molar-refractivity contribution in [2.75, 3.05) is 17.3 Å². The van der Waals surface area contributed by atoms with Gasteiger partial charge in [0.05, 0.1) is 30.1 Å². The zero-order chi connectivity index (χ0) is 28.2. The maximum atomic E-state index is 14.0. The predicted octanol–water partition coefficient (Wildman–Crippen LogP) is 7.09. The highest BCUT2D eigenvalue weighted by atomic mass is 19.1. The number of halogens is 1. The van der Waals surface area contributed by atoms with E-state index in [0.717, 1.165) is 41.8 Å². The van der Waals surface area contributed by atoms with Gasteiger partial charge in [-0.2, -0.15) is 0 Å². The van der Waals surface area contributed by atoms with Crippen LogP contribution in [-0.2, 0) is 14.3 Å². The van der Waals surface area contributed by atoms with E-state index in [1.165, 1.54) is 19.2 Å². The monoisotopic (exact) mass is 540 g/mol. The number of unbranched alkanes of at least 4 members (excludes halogenated alkanes) is 2. The van der Waals surface area contributed by atoms with Crippen LogP contribution in [0.3, 0.4) is 0 Å². The summed E-state index contributed by atoms with van der Waals surface area (Å²) in [5.41, 5.74) is 4.77. The van der Waals surface area contributed by atoms with Crippen LogP contribution in [0.2, 0.25) is 0 Å². The number of Topliss-reactive ketones (excluding diaryl/α,β-unsaturated/α-hetero) is 1. The van der Waals surface area contributed by atoms with Gasteiger partial charge in [-0.05, 0) is 66.3 Å². The Morgan fingerprint density at radius 3 is 2.35 bits per heavy atom. The minimum atomic E-state index is -0.673. The smallest absolute Gasteiger partial charge is 0.337 e. The van der Waals surface area contributed by atoms with Gasteiger partial charge in [0.25, 0.3) is 0 Å². The highest BCUT2D eigenvalue weighted by Gasteiger charge is 2.41. The number of anilines is 2. The van der Waals surface area contributed by atoms with Gasteiger partial charge in [0, 0.05) is 24.1 Å². The van der Waals surface area contributed by atoms with Gasteiger partial charge in [-0.25, -0.2) is 9.18 Å².